The standard InChI is InChI=1S/C22H19FN2O3S2/c1-25-19-13-8-15-5-2-3-6-18(15)21(19)29-22(25)24-20(26)7-4-14-30(27,28)17-11-9-16(23)10-12-17/h2-3,5-6,8-13H,4,7,14H2,1H3. The lowest BCUT2D eigenvalue weighted by atomic mass is 10.1. The summed E-state index contributed by atoms with van der Waals surface area (Å²) in [4.78, 5) is 17.2. The summed E-state index contributed by atoms with van der Waals surface area (Å²) in [6, 6.07) is 16.8. The van der Waals surface area contributed by atoms with Gasteiger partial charge in [0.25, 0.3) is 0 Å². The van der Waals surface area contributed by atoms with Crippen molar-refractivity contribution < 1.29 is 17.6 Å². The van der Waals surface area contributed by atoms with Crippen molar-refractivity contribution in [2.75, 3.05) is 5.75 Å². The molecule has 4 rings (SSSR count). The summed E-state index contributed by atoms with van der Waals surface area (Å²) in [5.74, 6) is -1.05. The van der Waals surface area contributed by atoms with Crippen molar-refractivity contribution in [3.63, 3.8) is 0 Å². The predicted molar refractivity (Wildman–Crippen MR) is 117 cm³/mol. The van der Waals surface area contributed by atoms with Crippen molar-refractivity contribution in [2.24, 2.45) is 12.0 Å². The Hall–Kier alpha value is -2.84. The third-order valence-electron chi connectivity index (χ3n) is 4.90. The van der Waals surface area contributed by atoms with Crippen LogP contribution in [-0.4, -0.2) is 24.6 Å². The van der Waals surface area contributed by atoms with Crippen LogP contribution >= 0.6 is 11.3 Å². The molecule has 0 atom stereocenters. The zero-order valence-electron chi connectivity index (χ0n) is 16.2. The van der Waals surface area contributed by atoms with Crippen LogP contribution in [0.5, 0.6) is 0 Å². The van der Waals surface area contributed by atoms with E-state index >= 15 is 0 Å². The van der Waals surface area contributed by atoms with Crippen LogP contribution in [0.4, 0.5) is 4.39 Å². The van der Waals surface area contributed by atoms with Crippen LogP contribution in [0.3, 0.4) is 0 Å². The molecule has 1 heterocycles. The number of benzene rings is 3. The molecule has 0 fully saturated rings. The topological polar surface area (TPSA) is 68.5 Å². The van der Waals surface area contributed by atoms with Crippen LogP contribution in [0.1, 0.15) is 12.8 Å². The second kappa shape index (κ2) is 8.12. The van der Waals surface area contributed by atoms with E-state index in [9.17, 15) is 17.6 Å². The maximum atomic E-state index is 13.0. The molecule has 1 amide bonds. The number of aryl methyl sites for hydroxylation is 1. The number of carbonyl (C=O) groups is 1. The Morgan fingerprint density at radius 2 is 1.80 bits per heavy atom. The highest BCUT2D eigenvalue weighted by Crippen LogP contribution is 2.27. The number of amides is 1. The minimum absolute atomic E-state index is 0.0232. The molecule has 0 radical (unpaired) electrons. The Bertz CT molecular complexity index is 1420. The predicted octanol–water partition coefficient (Wildman–Crippen LogP) is 4.21. The minimum Gasteiger partial charge on any atom is -0.319 e. The van der Waals surface area contributed by atoms with Gasteiger partial charge in [-0.05, 0) is 42.1 Å². The fourth-order valence-corrected chi connectivity index (χ4v) is 5.78. The number of sulfone groups is 1. The van der Waals surface area contributed by atoms with Crippen molar-refractivity contribution in [3.8, 4) is 0 Å². The highest BCUT2D eigenvalue weighted by atomic mass is 32.2. The Balaban J connectivity index is 1.52. The summed E-state index contributed by atoms with van der Waals surface area (Å²) in [7, 11) is -1.70. The normalized spacial score (nSPS) is 12.7. The Morgan fingerprint density at radius 3 is 2.57 bits per heavy atom. The summed E-state index contributed by atoms with van der Waals surface area (Å²) in [6.45, 7) is 0. The highest BCUT2D eigenvalue weighted by molar-refractivity contribution is 7.91. The molecule has 3 aromatic carbocycles. The van der Waals surface area contributed by atoms with Crippen LogP contribution in [0.2, 0.25) is 0 Å². The first-order valence-corrected chi connectivity index (χ1v) is 11.9. The van der Waals surface area contributed by atoms with Crippen molar-refractivity contribution in [1.29, 1.82) is 0 Å². The van der Waals surface area contributed by atoms with Gasteiger partial charge in [0.05, 0.1) is 20.9 Å². The zero-order valence-corrected chi connectivity index (χ0v) is 17.8. The lowest BCUT2D eigenvalue weighted by Gasteiger charge is -2.03. The third kappa shape index (κ3) is 4.06. The van der Waals surface area contributed by atoms with Gasteiger partial charge in [0.15, 0.2) is 14.6 Å². The molecule has 5 nitrogen and oxygen atoms in total. The van der Waals surface area contributed by atoms with Gasteiger partial charge in [0.1, 0.15) is 5.82 Å². The average Bonchev–Trinajstić information content (AvgIpc) is 3.04. The van der Waals surface area contributed by atoms with Gasteiger partial charge in [-0.15, -0.1) is 0 Å². The molecule has 0 N–H and O–H groups in total. The number of nitrogens with zero attached hydrogens (tertiary/aromatic N) is 2. The van der Waals surface area contributed by atoms with Crippen LogP contribution in [0.25, 0.3) is 21.0 Å². The van der Waals surface area contributed by atoms with E-state index in [-0.39, 0.29) is 29.4 Å². The summed E-state index contributed by atoms with van der Waals surface area (Å²) in [6.07, 6.45) is 0.176. The number of fused-ring (bicyclic) bond motifs is 3. The maximum absolute atomic E-state index is 13.0. The third-order valence-corrected chi connectivity index (χ3v) is 7.89. The summed E-state index contributed by atoms with van der Waals surface area (Å²) < 4.78 is 40.5. The quantitative estimate of drug-likeness (QED) is 0.435. The largest absolute Gasteiger partial charge is 0.319 e. The Morgan fingerprint density at radius 1 is 1.07 bits per heavy atom. The van der Waals surface area contributed by atoms with Crippen LogP contribution in [-0.2, 0) is 21.7 Å². The van der Waals surface area contributed by atoms with Gasteiger partial charge in [-0.1, -0.05) is 41.7 Å². The number of aromatic nitrogens is 1. The van der Waals surface area contributed by atoms with E-state index in [0.29, 0.717) is 4.80 Å². The number of halogens is 1. The molecule has 8 heteroatoms. The summed E-state index contributed by atoms with van der Waals surface area (Å²) in [5.41, 5.74) is 0.990. The molecule has 4 aromatic rings. The van der Waals surface area contributed by atoms with Gasteiger partial charge in [-0.25, -0.2) is 12.8 Å². The zero-order chi connectivity index (χ0) is 21.3. The van der Waals surface area contributed by atoms with Crippen molar-refractivity contribution in [1.82, 2.24) is 4.57 Å². The molecule has 0 saturated heterocycles. The van der Waals surface area contributed by atoms with Crippen LogP contribution in [0.15, 0.2) is 70.6 Å². The van der Waals surface area contributed by atoms with Crippen molar-refractivity contribution in [2.45, 2.75) is 17.7 Å². The van der Waals surface area contributed by atoms with Gasteiger partial charge in [-0.2, -0.15) is 4.99 Å². The molecule has 1 aromatic heterocycles. The van der Waals surface area contributed by atoms with E-state index in [1.165, 1.54) is 23.5 Å². The molecule has 0 saturated carbocycles. The minimum atomic E-state index is -3.56. The lowest BCUT2D eigenvalue weighted by molar-refractivity contribution is -0.118. The van der Waals surface area contributed by atoms with Gasteiger partial charge < -0.3 is 4.57 Å². The Kier molecular flexibility index (Phi) is 5.53. The van der Waals surface area contributed by atoms with E-state index in [1.807, 2.05) is 48.0 Å². The van der Waals surface area contributed by atoms with E-state index in [4.69, 9.17) is 0 Å². The second-order valence-corrected chi connectivity index (χ2v) is 10.0. The van der Waals surface area contributed by atoms with Gasteiger partial charge >= 0.3 is 0 Å². The number of rotatable bonds is 5. The average molecular weight is 443 g/mol. The molecule has 0 aliphatic rings. The fraction of sp³-hybridized carbons (Fsp3) is 0.182. The molecule has 0 bridgehead atoms. The molecule has 0 aliphatic heterocycles. The molecule has 0 unspecified atom stereocenters. The molecular weight excluding hydrogens is 423 g/mol. The van der Waals surface area contributed by atoms with Crippen LogP contribution < -0.4 is 4.80 Å². The number of thiazole rings is 1. The van der Waals surface area contributed by atoms with E-state index in [1.54, 1.807) is 0 Å². The number of carbonyl (C=O) groups excluding carboxylic acids is 1. The fourth-order valence-electron chi connectivity index (χ4n) is 3.30. The van der Waals surface area contributed by atoms with Crippen molar-refractivity contribution in [3.05, 3.63) is 71.3 Å². The van der Waals surface area contributed by atoms with Gasteiger partial charge in [0, 0.05) is 18.9 Å². The van der Waals surface area contributed by atoms with Gasteiger partial charge in [-0.3, -0.25) is 4.79 Å². The monoisotopic (exact) mass is 442 g/mol. The molecule has 0 aliphatic carbocycles. The van der Waals surface area contributed by atoms with E-state index in [0.717, 1.165) is 33.1 Å². The smallest absolute Gasteiger partial charge is 0.248 e. The van der Waals surface area contributed by atoms with Crippen molar-refractivity contribution >= 4 is 48.1 Å². The molecule has 30 heavy (non-hydrogen) atoms. The number of hydrogen-bond donors (Lipinski definition) is 0. The number of hydrogen-bond acceptors (Lipinski definition) is 4. The highest BCUT2D eigenvalue weighted by Gasteiger charge is 2.15. The lowest BCUT2D eigenvalue weighted by Crippen LogP contribution is -2.14. The maximum Gasteiger partial charge on any atom is 0.248 e. The van der Waals surface area contributed by atoms with Gasteiger partial charge in [0.2, 0.25) is 5.91 Å². The first kappa shape index (κ1) is 20.4. The van der Waals surface area contributed by atoms with E-state index in [2.05, 4.69) is 4.99 Å². The SMILES string of the molecule is Cn1c(=NC(=O)CCCS(=O)(=O)c2ccc(F)cc2)sc2c3ccccc3ccc21. The summed E-state index contributed by atoms with van der Waals surface area (Å²) in [5, 5.41) is 2.23. The molecular formula is C22H19FN2O3S2. The Labute approximate surface area is 177 Å². The summed E-state index contributed by atoms with van der Waals surface area (Å²) >= 11 is 1.44. The molecule has 0 spiro atoms. The second-order valence-electron chi connectivity index (χ2n) is 6.96. The van der Waals surface area contributed by atoms with Crippen LogP contribution in [0, 0.1) is 5.82 Å². The van der Waals surface area contributed by atoms with E-state index < -0.39 is 15.7 Å². The first-order chi connectivity index (χ1) is 14.3. The first-order valence-electron chi connectivity index (χ1n) is 9.38. The molecule has 154 valence electrons.